The predicted molar refractivity (Wildman–Crippen MR) is 152 cm³/mol. The molecule has 214 valence electrons. The van der Waals surface area contributed by atoms with Crippen molar-refractivity contribution < 1.29 is 14.2 Å². The van der Waals surface area contributed by atoms with Crippen molar-refractivity contribution >= 4 is 10.9 Å². The topological polar surface area (TPSA) is 111 Å². The molecule has 1 saturated heterocycles. The molecule has 2 aromatic carbocycles. The zero-order valence-corrected chi connectivity index (χ0v) is 23.3. The molecule has 4 heterocycles. The Hall–Kier alpha value is -3.96. The number of hydrogen-bond acceptors (Lipinski definition) is 9. The number of pyridine rings is 1. The lowest BCUT2D eigenvalue weighted by atomic mass is 10.0. The third-order valence-corrected chi connectivity index (χ3v) is 8.50. The fourth-order valence-corrected chi connectivity index (χ4v) is 6.43. The van der Waals surface area contributed by atoms with Crippen LogP contribution in [0.2, 0.25) is 0 Å². The normalized spacial score (nSPS) is 18.8. The fraction of sp³-hybridized carbons (Fsp3) is 0.467. The summed E-state index contributed by atoms with van der Waals surface area (Å²) in [6, 6.07) is 13.8. The third-order valence-electron chi connectivity index (χ3n) is 8.50. The molecule has 2 fully saturated rings. The van der Waals surface area contributed by atoms with Gasteiger partial charge in [-0.1, -0.05) is 18.9 Å². The average Bonchev–Trinajstić information content (AvgIpc) is 3.77. The van der Waals surface area contributed by atoms with E-state index < -0.39 is 0 Å². The molecule has 2 aliphatic heterocycles. The van der Waals surface area contributed by atoms with Crippen LogP contribution in [0.4, 0.5) is 0 Å². The van der Waals surface area contributed by atoms with Crippen molar-refractivity contribution in [2.75, 3.05) is 39.6 Å². The summed E-state index contributed by atoms with van der Waals surface area (Å²) in [7, 11) is 0. The zero-order valence-electron chi connectivity index (χ0n) is 23.3. The van der Waals surface area contributed by atoms with Gasteiger partial charge in [-0.3, -0.25) is 14.6 Å². The number of nitrogens with one attached hydrogen (secondary N) is 1. The Morgan fingerprint density at radius 3 is 2.68 bits per heavy atom. The van der Waals surface area contributed by atoms with Gasteiger partial charge in [0.05, 0.1) is 12.6 Å². The molecule has 0 bridgehead atoms. The highest BCUT2D eigenvalue weighted by Gasteiger charge is 2.35. The molecular formula is C30H35N7O4. The first-order chi connectivity index (χ1) is 20.2. The van der Waals surface area contributed by atoms with Crippen molar-refractivity contribution in [3.8, 4) is 17.2 Å². The van der Waals surface area contributed by atoms with Gasteiger partial charge in [-0.15, -0.1) is 5.10 Å². The first-order valence-electron chi connectivity index (χ1n) is 14.6. The van der Waals surface area contributed by atoms with Crippen LogP contribution in [0.5, 0.6) is 17.2 Å². The summed E-state index contributed by atoms with van der Waals surface area (Å²) in [5, 5.41) is 14.0. The minimum atomic E-state index is -0.359. The van der Waals surface area contributed by atoms with E-state index in [2.05, 4.69) is 42.4 Å². The van der Waals surface area contributed by atoms with E-state index in [1.807, 2.05) is 41.9 Å². The highest BCUT2D eigenvalue weighted by atomic mass is 16.7. The molecule has 11 nitrogen and oxygen atoms in total. The minimum Gasteiger partial charge on any atom is -0.494 e. The highest BCUT2D eigenvalue weighted by molar-refractivity contribution is 5.80. The number of hydrogen-bond donors (Lipinski definition) is 1. The maximum Gasteiger partial charge on any atom is 0.253 e. The number of benzene rings is 2. The van der Waals surface area contributed by atoms with Crippen LogP contribution in [0.1, 0.15) is 61.6 Å². The first kappa shape index (κ1) is 26.0. The molecule has 4 aromatic rings. The molecule has 0 radical (unpaired) electrons. The third kappa shape index (κ3) is 5.15. The summed E-state index contributed by atoms with van der Waals surface area (Å²) in [4.78, 5) is 21.5. The second-order valence-corrected chi connectivity index (χ2v) is 11.1. The summed E-state index contributed by atoms with van der Waals surface area (Å²) >= 11 is 0. The fourth-order valence-electron chi connectivity index (χ4n) is 6.43. The lowest BCUT2D eigenvalue weighted by Crippen LogP contribution is -2.48. The largest absolute Gasteiger partial charge is 0.494 e. The standard InChI is InChI=1S/C30H35N7O4/c1-2-39-23-8-9-25-21(16-23)17-24(30(38)31-25)28(29-32-33-34-37(29)22-5-3-4-6-22)36-13-11-35(12-14-36)18-20-7-10-26-27(15-20)41-19-40-26/h7-10,15-17,22,28H,2-6,11-14,18-19H2,1H3,(H,31,38)/t28-/m1/s1. The molecule has 0 amide bonds. The van der Waals surface area contributed by atoms with Crippen LogP contribution in [-0.2, 0) is 6.54 Å². The number of H-pyrrole nitrogens is 1. The highest BCUT2D eigenvalue weighted by Crippen LogP contribution is 2.35. The van der Waals surface area contributed by atoms with Gasteiger partial charge >= 0.3 is 0 Å². The number of rotatable bonds is 8. The van der Waals surface area contributed by atoms with E-state index >= 15 is 0 Å². The number of tetrazole rings is 1. The van der Waals surface area contributed by atoms with E-state index in [-0.39, 0.29) is 24.4 Å². The average molecular weight is 558 g/mol. The molecule has 0 unspecified atom stereocenters. The van der Waals surface area contributed by atoms with Gasteiger partial charge in [-0.25, -0.2) is 4.68 Å². The zero-order chi connectivity index (χ0) is 27.8. The number of nitrogens with zero attached hydrogens (tertiary/aromatic N) is 6. The Kier molecular flexibility index (Phi) is 7.05. The molecule has 11 heteroatoms. The Balaban J connectivity index is 1.19. The minimum absolute atomic E-state index is 0.115. The summed E-state index contributed by atoms with van der Waals surface area (Å²) in [5.74, 6) is 3.13. The Labute approximate surface area is 238 Å². The van der Waals surface area contributed by atoms with E-state index in [0.717, 1.165) is 79.5 Å². The summed E-state index contributed by atoms with van der Waals surface area (Å²) in [6.07, 6.45) is 4.45. The van der Waals surface area contributed by atoms with Gasteiger partial charge in [-0.2, -0.15) is 0 Å². The van der Waals surface area contributed by atoms with Gasteiger partial charge in [0.1, 0.15) is 11.8 Å². The molecule has 1 N–H and O–H groups in total. The van der Waals surface area contributed by atoms with Crippen molar-refractivity contribution in [2.45, 2.75) is 51.2 Å². The molecule has 3 aliphatic rings. The van der Waals surface area contributed by atoms with E-state index in [1.54, 1.807) is 0 Å². The number of fused-ring (bicyclic) bond motifs is 2. The van der Waals surface area contributed by atoms with Gasteiger partial charge in [0.25, 0.3) is 5.56 Å². The van der Waals surface area contributed by atoms with Crippen LogP contribution in [0.3, 0.4) is 0 Å². The van der Waals surface area contributed by atoms with Crippen LogP contribution >= 0.6 is 0 Å². The van der Waals surface area contributed by atoms with Crippen molar-refractivity contribution in [2.24, 2.45) is 0 Å². The lowest BCUT2D eigenvalue weighted by Gasteiger charge is -2.39. The quantitative estimate of drug-likeness (QED) is 0.347. The number of ether oxygens (including phenoxy) is 3. The van der Waals surface area contributed by atoms with Crippen LogP contribution < -0.4 is 19.8 Å². The predicted octanol–water partition coefficient (Wildman–Crippen LogP) is 3.66. The van der Waals surface area contributed by atoms with Crippen LogP contribution in [0.25, 0.3) is 10.9 Å². The van der Waals surface area contributed by atoms with E-state index in [4.69, 9.17) is 14.2 Å². The molecule has 2 aromatic heterocycles. The second-order valence-electron chi connectivity index (χ2n) is 11.1. The van der Waals surface area contributed by atoms with Gasteiger partial charge in [0.2, 0.25) is 6.79 Å². The van der Waals surface area contributed by atoms with Crippen molar-refractivity contribution in [3.63, 3.8) is 0 Å². The molecule has 0 spiro atoms. The summed E-state index contributed by atoms with van der Waals surface area (Å²) < 4.78 is 18.8. The Morgan fingerprint density at radius 2 is 1.85 bits per heavy atom. The van der Waals surface area contributed by atoms with Crippen molar-refractivity contribution in [3.05, 3.63) is 69.8 Å². The Morgan fingerprint density at radius 1 is 1.02 bits per heavy atom. The van der Waals surface area contributed by atoms with Gasteiger partial charge < -0.3 is 19.2 Å². The van der Waals surface area contributed by atoms with E-state index in [9.17, 15) is 4.79 Å². The second kappa shape index (κ2) is 11.1. The van der Waals surface area contributed by atoms with Crippen LogP contribution in [0, 0.1) is 0 Å². The molecule has 41 heavy (non-hydrogen) atoms. The Bertz CT molecular complexity index is 1590. The monoisotopic (exact) mass is 557 g/mol. The van der Waals surface area contributed by atoms with Gasteiger partial charge in [0.15, 0.2) is 17.3 Å². The van der Waals surface area contributed by atoms with Crippen molar-refractivity contribution in [1.82, 2.24) is 35.0 Å². The lowest BCUT2D eigenvalue weighted by molar-refractivity contribution is 0.0988. The SMILES string of the molecule is CCOc1ccc2[nH]c(=O)c([C@H](c3nnnn3C3CCCC3)N3CCN(Cc4ccc5c(c4)OCO5)CC3)cc2c1. The molecule has 1 atom stereocenters. The van der Waals surface area contributed by atoms with Crippen LogP contribution in [-0.4, -0.2) is 74.6 Å². The van der Waals surface area contributed by atoms with E-state index in [1.165, 1.54) is 18.4 Å². The molecule has 1 aliphatic carbocycles. The maximum absolute atomic E-state index is 13.6. The number of piperazine rings is 1. The van der Waals surface area contributed by atoms with Crippen molar-refractivity contribution in [1.29, 1.82) is 0 Å². The smallest absolute Gasteiger partial charge is 0.253 e. The molecule has 1 saturated carbocycles. The van der Waals surface area contributed by atoms with Gasteiger partial charge in [0, 0.05) is 49.2 Å². The van der Waals surface area contributed by atoms with Gasteiger partial charge in [-0.05, 0) is 72.2 Å². The first-order valence-corrected chi connectivity index (χ1v) is 14.6. The maximum atomic E-state index is 13.6. The van der Waals surface area contributed by atoms with E-state index in [0.29, 0.717) is 12.2 Å². The molecular weight excluding hydrogens is 522 g/mol. The summed E-state index contributed by atoms with van der Waals surface area (Å²) in [5.41, 5.74) is 2.52. The number of aromatic amines is 1. The van der Waals surface area contributed by atoms with Crippen LogP contribution in [0.15, 0.2) is 47.3 Å². The number of aromatic nitrogens is 5. The molecule has 7 rings (SSSR count). The summed E-state index contributed by atoms with van der Waals surface area (Å²) in [6.45, 7) is 6.93.